The van der Waals surface area contributed by atoms with Gasteiger partial charge in [-0.25, -0.2) is 0 Å². The molecular formula is C45H28N4Si. The average molecular weight is 653 g/mol. The summed E-state index contributed by atoms with van der Waals surface area (Å²) in [7, 11) is -3.05. The first-order chi connectivity index (χ1) is 24.7. The van der Waals surface area contributed by atoms with Crippen molar-refractivity contribution >= 4 is 50.6 Å². The van der Waals surface area contributed by atoms with Crippen LogP contribution in [0.4, 0.5) is 0 Å². The molecule has 1 heterocycles. The highest BCUT2D eigenvalue weighted by atomic mass is 28.3. The largest absolute Gasteiger partial charge is 0.309 e. The summed E-state index contributed by atoms with van der Waals surface area (Å²) in [5.41, 5.74) is 6.29. The summed E-state index contributed by atoms with van der Waals surface area (Å²) < 4.78 is 2.21. The molecule has 0 saturated heterocycles. The number of benzene rings is 7. The van der Waals surface area contributed by atoms with E-state index < -0.39 is 8.07 Å². The van der Waals surface area contributed by atoms with Gasteiger partial charge in [0.25, 0.3) is 0 Å². The third-order valence-corrected chi connectivity index (χ3v) is 14.5. The van der Waals surface area contributed by atoms with Crippen LogP contribution in [-0.2, 0) is 0 Å². The number of hydrogen-bond donors (Lipinski definition) is 0. The van der Waals surface area contributed by atoms with Gasteiger partial charge in [-0.3, -0.25) is 0 Å². The van der Waals surface area contributed by atoms with Crippen LogP contribution in [0, 0.1) is 34.0 Å². The van der Waals surface area contributed by atoms with Crippen molar-refractivity contribution in [1.29, 1.82) is 15.8 Å². The maximum atomic E-state index is 10.7. The number of fused-ring (bicyclic) bond motifs is 3. The molecule has 0 amide bonds. The number of nitrogens with zero attached hydrogens (tertiary/aromatic N) is 4. The topological polar surface area (TPSA) is 76.3 Å². The molecule has 0 spiro atoms. The van der Waals surface area contributed by atoms with E-state index in [-0.39, 0.29) is 0 Å². The molecule has 0 aliphatic rings. The molecule has 0 saturated carbocycles. The lowest BCUT2D eigenvalue weighted by molar-refractivity contribution is 1.18. The molecule has 0 aliphatic heterocycles. The van der Waals surface area contributed by atoms with E-state index in [2.05, 4.69) is 138 Å². The van der Waals surface area contributed by atoms with Crippen LogP contribution in [0.1, 0.15) is 16.7 Å². The molecule has 1 aromatic heterocycles. The predicted octanol–water partition coefficient (Wildman–Crippen LogP) is 7.44. The lowest BCUT2D eigenvalue weighted by Gasteiger charge is -2.35. The zero-order valence-electron chi connectivity index (χ0n) is 27.0. The van der Waals surface area contributed by atoms with Gasteiger partial charge in [0.2, 0.25) is 0 Å². The van der Waals surface area contributed by atoms with Crippen LogP contribution in [0.25, 0.3) is 38.6 Å². The number of aromatic nitrogens is 1. The maximum Gasteiger partial charge on any atom is 0.180 e. The standard InChI is InChI=1S/C45H28N4Si/c46-29-32-20-25-44-42(26-32)40-18-10-11-19-43(40)49(44)36-23-21-33(22-24-36)41-28-45(35(31-48)27-34(41)30-47)50(37-12-4-1-5-13-37,38-14-6-2-7-15-38)39-16-8-3-9-17-39/h1-28H. The molecule has 8 aromatic rings. The number of nitriles is 3. The second-order valence-corrected chi connectivity index (χ2v) is 16.0. The van der Waals surface area contributed by atoms with E-state index in [1.807, 2.05) is 48.5 Å². The highest BCUT2D eigenvalue weighted by Crippen LogP contribution is 2.34. The molecule has 4 nitrogen and oxygen atoms in total. The van der Waals surface area contributed by atoms with Crippen molar-refractivity contribution in [3.05, 3.63) is 187 Å². The van der Waals surface area contributed by atoms with Crippen LogP contribution >= 0.6 is 0 Å². The minimum absolute atomic E-state index is 0.455. The Hall–Kier alpha value is -6.97. The van der Waals surface area contributed by atoms with Gasteiger partial charge < -0.3 is 4.57 Å². The first-order valence-electron chi connectivity index (χ1n) is 16.4. The van der Waals surface area contributed by atoms with Crippen molar-refractivity contribution in [2.24, 2.45) is 0 Å². The van der Waals surface area contributed by atoms with Gasteiger partial charge in [0.1, 0.15) is 0 Å². The fourth-order valence-electron chi connectivity index (χ4n) is 7.48. The summed E-state index contributed by atoms with van der Waals surface area (Å²) in [6, 6.07) is 64.8. The van der Waals surface area contributed by atoms with E-state index in [4.69, 9.17) is 0 Å². The number of para-hydroxylation sites is 1. The summed E-state index contributed by atoms with van der Waals surface area (Å²) in [5, 5.41) is 37.2. The van der Waals surface area contributed by atoms with E-state index in [0.29, 0.717) is 16.7 Å². The van der Waals surface area contributed by atoms with Crippen molar-refractivity contribution in [2.45, 2.75) is 0 Å². The van der Waals surface area contributed by atoms with Gasteiger partial charge in [-0.1, -0.05) is 127 Å². The van der Waals surface area contributed by atoms with Crippen molar-refractivity contribution in [3.8, 4) is 35.0 Å². The lowest BCUT2D eigenvalue weighted by atomic mass is 9.98. The van der Waals surface area contributed by atoms with Gasteiger partial charge in [0, 0.05) is 16.5 Å². The molecule has 232 valence electrons. The first-order valence-corrected chi connectivity index (χ1v) is 18.4. The molecule has 0 N–H and O–H groups in total. The van der Waals surface area contributed by atoms with E-state index in [9.17, 15) is 15.8 Å². The van der Waals surface area contributed by atoms with E-state index in [1.165, 1.54) is 0 Å². The van der Waals surface area contributed by atoms with E-state index in [1.54, 1.807) is 6.07 Å². The summed E-state index contributed by atoms with van der Waals surface area (Å²) in [6.45, 7) is 0. The molecule has 0 fully saturated rings. The molecular weight excluding hydrogens is 625 g/mol. The molecule has 5 heteroatoms. The minimum atomic E-state index is -3.05. The van der Waals surface area contributed by atoms with Crippen LogP contribution in [0.5, 0.6) is 0 Å². The summed E-state index contributed by atoms with van der Waals surface area (Å²) >= 11 is 0. The van der Waals surface area contributed by atoms with Gasteiger partial charge in [-0.15, -0.1) is 0 Å². The third kappa shape index (κ3) is 4.80. The summed E-state index contributed by atoms with van der Waals surface area (Å²) in [4.78, 5) is 0. The summed E-state index contributed by atoms with van der Waals surface area (Å²) in [5.74, 6) is 0. The SMILES string of the molecule is N#Cc1ccc2c(c1)c1ccccc1n2-c1ccc(-c2cc([Si](c3ccccc3)(c3ccccc3)c3ccccc3)c(C#N)cc2C#N)cc1. The van der Waals surface area contributed by atoms with Gasteiger partial charge in [0.15, 0.2) is 8.07 Å². The second-order valence-electron chi connectivity index (χ2n) is 12.3. The monoisotopic (exact) mass is 652 g/mol. The van der Waals surface area contributed by atoms with Crippen LogP contribution < -0.4 is 20.7 Å². The van der Waals surface area contributed by atoms with Gasteiger partial charge >= 0.3 is 0 Å². The lowest BCUT2D eigenvalue weighted by Crippen LogP contribution is -2.75. The van der Waals surface area contributed by atoms with Gasteiger partial charge in [-0.05, 0) is 74.3 Å². The Balaban J connectivity index is 1.37. The second kappa shape index (κ2) is 12.6. The van der Waals surface area contributed by atoms with Crippen LogP contribution in [0.2, 0.25) is 0 Å². The molecule has 7 aromatic carbocycles. The smallest absolute Gasteiger partial charge is 0.180 e. The normalized spacial score (nSPS) is 11.1. The molecule has 8 rings (SSSR count). The molecule has 50 heavy (non-hydrogen) atoms. The van der Waals surface area contributed by atoms with Crippen molar-refractivity contribution in [2.75, 3.05) is 0 Å². The molecule has 0 radical (unpaired) electrons. The number of hydrogen-bond acceptors (Lipinski definition) is 3. The van der Waals surface area contributed by atoms with Crippen LogP contribution in [0.3, 0.4) is 0 Å². The molecule has 0 unspecified atom stereocenters. The zero-order valence-corrected chi connectivity index (χ0v) is 28.0. The Morgan fingerprint density at radius 3 is 1.54 bits per heavy atom. The Kier molecular flexibility index (Phi) is 7.63. The highest BCUT2D eigenvalue weighted by molar-refractivity contribution is 7.20. The fraction of sp³-hybridized carbons (Fsp3) is 0. The summed E-state index contributed by atoms with van der Waals surface area (Å²) in [6.07, 6.45) is 0. The Labute approximate surface area is 291 Å². The zero-order chi connectivity index (χ0) is 34.1. The van der Waals surface area contributed by atoms with Crippen LogP contribution in [-0.4, -0.2) is 12.6 Å². The molecule has 0 atom stereocenters. The Bertz CT molecular complexity index is 2560. The predicted molar refractivity (Wildman–Crippen MR) is 204 cm³/mol. The highest BCUT2D eigenvalue weighted by Gasteiger charge is 2.43. The Morgan fingerprint density at radius 1 is 0.440 bits per heavy atom. The van der Waals surface area contributed by atoms with E-state index in [0.717, 1.165) is 59.4 Å². The van der Waals surface area contributed by atoms with Gasteiger partial charge in [-0.2, -0.15) is 15.8 Å². The third-order valence-electron chi connectivity index (χ3n) is 9.66. The average Bonchev–Trinajstić information content (AvgIpc) is 3.53. The fourth-order valence-corrected chi connectivity index (χ4v) is 12.4. The Morgan fingerprint density at radius 2 is 0.980 bits per heavy atom. The molecule has 0 bridgehead atoms. The number of rotatable bonds is 6. The van der Waals surface area contributed by atoms with Crippen molar-refractivity contribution in [3.63, 3.8) is 0 Å². The molecule has 0 aliphatic carbocycles. The minimum Gasteiger partial charge on any atom is -0.309 e. The van der Waals surface area contributed by atoms with Crippen molar-refractivity contribution < 1.29 is 0 Å². The quantitative estimate of drug-likeness (QED) is 0.138. The van der Waals surface area contributed by atoms with E-state index >= 15 is 0 Å². The first kappa shape index (κ1) is 30.4. The van der Waals surface area contributed by atoms with Gasteiger partial charge in [0.05, 0.1) is 45.9 Å². The van der Waals surface area contributed by atoms with Crippen LogP contribution in [0.15, 0.2) is 170 Å². The maximum absolute atomic E-state index is 10.7. The van der Waals surface area contributed by atoms with Crippen molar-refractivity contribution in [1.82, 2.24) is 4.57 Å².